The third kappa shape index (κ3) is 4.45. The van der Waals surface area contributed by atoms with Gasteiger partial charge in [-0.15, -0.1) is 0 Å². The van der Waals surface area contributed by atoms with Crippen molar-refractivity contribution in [2.75, 3.05) is 19.8 Å². The van der Waals surface area contributed by atoms with Gasteiger partial charge in [0.1, 0.15) is 11.5 Å². The lowest BCUT2D eigenvalue weighted by atomic mass is 9.91. The fourth-order valence-electron chi connectivity index (χ4n) is 2.62. The highest BCUT2D eigenvalue weighted by atomic mass is 19.2. The third-order valence-corrected chi connectivity index (χ3v) is 3.82. The van der Waals surface area contributed by atoms with Crippen molar-refractivity contribution in [3.05, 3.63) is 59.2 Å². The van der Waals surface area contributed by atoms with Crippen LogP contribution in [0.3, 0.4) is 0 Å². The van der Waals surface area contributed by atoms with E-state index in [1.165, 1.54) is 6.07 Å². The zero-order valence-electron chi connectivity index (χ0n) is 14.0. The average molecular weight is 335 g/mol. The minimum atomic E-state index is -0.859. The molecular weight excluding hydrogens is 312 g/mol. The summed E-state index contributed by atoms with van der Waals surface area (Å²) < 4.78 is 37.8. The Balaban J connectivity index is 2.27. The molecule has 2 aromatic carbocycles. The first-order valence-electron chi connectivity index (χ1n) is 8.12. The number of hydrogen-bond donors (Lipinski definition) is 1. The SMILES string of the molecule is CCOc1ccc(CC(CN)c2ccc(F)c(F)c2)c(OCC)c1. The Morgan fingerprint density at radius 2 is 1.71 bits per heavy atom. The van der Waals surface area contributed by atoms with Gasteiger partial charge in [-0.1, -0.05) is 12.1 Å². The van der Waals surface area contributed by atoms with Crippen molar-refractivity contribution in [3.63, 3.8) is 0 Å². The van der Waals surface area contributed by atoms with Crippen molar-refractivity contribution in [2.45, 2.75) is 26.2 Å². The molecule has 0 amide bonds. The Morgan fingerprint density at radius 1 is 0.958 bits per heavy atom. The second kappa shape index (κ2) is 8.64. The van der Waals surface area contributed by atoms with Crippen LogP contribution in [0.2, 0.25) is 0 Å². The Labute approximate surface area is 141 Å². The number of benzene rings is 2. The lowest BCUT2D eigenvalue weighted by Crippen LogP contribution is -2.16. The summed E-state index contributed by atoms with van der Waals surface area (Å²) in [6, 6.07) is 9.57. The van der Waals surface area contributed by atoms with Crippen LogP contribution in [0.25, 0.3) is 0 Å². The van der Waals surface area contributed by atoms with E-state index in [9.17, 15) is 8.78 Å². The maximum atomic E-state index is 13.5. The summed E-state index contributed by atoms with van der Waals surface area (Å²) in [6.07, 6.45) is 0.573. The molecule has 0 spiro atoms. The maximum absolute atomic E-state index is 13.5. The molecule has 0 radical (unpaired) electrons. The van der Waals surface area contributed by atoms with E-state index >= 15 is 0 Å². The molecule has 0 heterocycles. The molecule has 130 valence electrons. The van der Waals surface area contributed by atoms with Crippen molar-refractivity contribution in [3.8, 4) is 11.5 Å². The summed E-state index contributed by atoms with van der Waals surface area (Å²) in [5.74, 6) is -0.378. The van der Waals surface area contributed by atoms with Crippen molar-refractivity contribution < 1.29 is 18.3 Å². The van der Waals surface area contributed by atoms with Crippen molar-refractivity contribution in [1.82, 2.24) is 0 Å². The zero-order valence-corrected chi connectivity index (χ0v) is 14.0. The van der Waals surface area contributed by atoms with Gasteiger partial charge >= 0.3 is 0 Å². The minimum Gasteiger partial charge on any atom is -0.494 e. The Bertz CT molecular complexity index is 676. The normalized spacial score (nSPS) is 12.0. The first kappa shape index (κ1) is 18.2. The van der Waals surface area contributed by atoms with Gasteiger partial charge in [-0.05, 0) is 56.1 Å². The predicted octanol–water partition coefficient (Wildman–Crippen LogP) is 4.05. The van der Waals surface area contributed by atoms with Gasteiger partial charge in [-0.2, -0.15) is 0 Å². The maximum Gasteiger partial charge on any atom is 0.159 e. The largest absolute Gasteiger partial charge is 0.494 e. The molecule has 24 heavy (non-hydrogen) atoms. The van der Waals surface area contributed by atoms with Gasteiger partial charge in [0, 0.05) is 12.0 Å². The molecule has 2 aromatic rings. The highest BCUT2D eigenvalue weighted by molar-refractivity contribution is 5.42. The molecule has 5 heteroatoms. The molecule has 1 unspecified atom stereocenters. The minimum absolute atomic E-state index is 0.128. The van der Waals surface area contributed by atoms with E-state index in [0.717, 1.165) is 23.1 Å². The summed E-state index contributed by atoms with van der Waals surface area (Å²) in [5.41, 5.74) is 7.49. The summed E-state index contributed by atoms with van der Waals surface area (Å²) in [4.78, 5) is 0. The van der Waals surface area contributed by atoms with Gasteiger partial charge in [0.25, 0.3) is 0 Å². The van der Waals surface area contributed by atoms with Crippen LogP contribution in [0.1, 0.15) is 30.9 Å². The molecule has 0 aliphatic carbocycles. The molecule has 0 aromatic heterocycles. The van der Waals surface area contributed by atoms with Crippen molar-refractivity contribution in [2.24, 2.45) is 5.73 Å². The monoisotopic (exact) mass is 335 g/mol. The van der Waals surface area contributed by atoms with Gasteiger partial charge < -0.3 is 15.2 Å². The highest BCUT2D eigenvalue weighted by Crippen LogP contribution is 2.30. The molecule has 2 rings (SSSR count). The van der Waals surface area contributed by atoms with E-state index in [1.54, 1.807) is 6.07 Å². The van der Waals surface area contributed by atoms with Crippen molar-refractivity contribution in [1.29, 1.82) is 0 Å². The van der Waals surface area contributed by atoms with Crippen LogP contribution in [-0.2, 0) is 6.42 Å². The number of hydrogen-bond acceptors (Lipinski definition) is 3. The van der Waals surface area contributed by atoms with Gasteiger partial charge in [-0.25, -0.2) is 8.78 Å². The van der Waals surface area contributed by atoms with Gasteiger partial charge in [-0.3, -0.25) is 0 Å². The van der Waals surface area contributed by atoms with Crippen LogP contribution in [-0.4, -0.2) is 19.8 Å². The second-order valence-electron chi connectivity index (χ2n) is 5.45. The molecule has 2 N–H and O–H groups in total. The molecule has 0 saturated carbocycles. The van der Waals surface area contributed by atoms with E-state index in [2.05, 4.69) is 0 Å². The first-order chi connectivity index (χ1) is 11.6. The smallest absolute Gasteiger partial charge is 0.159 e. The lowest BCUT2D eigenvalue weighted by molar-refractivity contribution is 0.320. The van der Waals surface area contributed by atoms with E-state index in [1.807, 2.05) is 32.0 Å². The van der Waals surface area contributed by atoms with Crippen LogP contribution < -0.4 is 15.2 Å². The van der Waals surface area contributed by atoms with E-state index in [0.29, 0.717) is 31.7 Å². The molecule has 1 atom stereocenters. The standard InChI is InChI=1S/C19H23F2NO2/c1-3-23-16-7-5-14(19(11-16)24-4-2)9-15(12-22)13-6-8-17(20)18(21)10-13/h5-8,10-11,15H,3-4,9,12,22H2,1-2H3. The van der Waals surface area contributed by atoms with Crippen LogP contribution in [0.4, 0.5) is 8.78 Å². The Hall–Kier alpha value is -2.14. The third-order valence-electron chi connectivity index (χ3n) is 3.82. The molecular formula is C19H23F2NO2. The molecule has 0 bridgehead atoms. The highest BCUT2D eigenvalue weighted by Gasteiger charge is 2.16. The molecule has 0 aliphatic rings. The summed E-state index contributed by atoms with van der Waals surface area (Å²) in [7, 11) is 0. The van der Waals surface area contributed by atoms with E-state index < -0.39 is 11.6 Å². The number of nitrogens with two attached hydrogens (primary N) is 1. The van der Waals surface area contributed by atoms with Crippen molar-refractivity contribution >= 4 is 0 Å². The van der Waals surface area contributed by atoms with E-state index in [-0.39, 0.29) is 5.92 Å². The zero-order chi connectivity index (χ0) is 17.5. The molecule has 3 nitrogen and oxygen atoms in total. The van der Waals surface area contributed by atoms with E-state index in [4.69, 9.17) is 15.2 Å². The van der Waals surface area contributed by atoms with Crippen LogP contribution in [0.15, 0.2) is 36.4 Å². The van der Waals surface area contributed by atoms with Gasteiger partial charge in [0.05, 0.1) is 13.2 Å². The second-order valence-corrected chi connectivity index (χ2v) is 5.45. The molecule has 0 aliphatic heterocycles. The average Bonchev–Trinajstić information content (AvgIpc) is 2.57. The summed E-state index contributed by atoms with van der Waals surface area (Å²) >= 11 is 0. The lowest BCUT2D eigenvalue weighted by Gasteiger charge is -2.18. The molecule has 0 saturated heterocycles. The number of halogens is 2. The Kier molecular flexibility index (Phi) is 6.55. The van der Waals surface area contributed by atoms with Crippen LogP contribution in [0.5, 0.6) is 11.5 Å². The van der Waals surface area contributed by atoms with Crippen LogP contribution >= 0.6 is 0 Å². The van der Waals surface area contributed by atoms with Crippen LogP contribution in [0, 0.1) is 11.6 Å². The van der Waals surface area contributed by atoms with Gasteiger partial charge in [0.15, 0.2) is 11.6 Å². The topological polar surface area (TPSA) is 44.5 Å². The quantitative estimate of drug-likeness (QED) is 0.791. The Morgan fingerprint density at radius 3 is 2.33 bits per heavy atom. The number of rotatable bonds is 8. The summed E-state index contributed by atoms with van der Waals surface area (Å²) in [5, 5.41) is 0. The first-order valence-corrected chi connectivity index (χ1v) is 8.12. The predicted molar refractivity (Wildman–Crippen MR) is 90.6 cm³/mol. The number of ether oxygens (including phenoxy) is 2. The fourth-order valence-corrected chi connectivity index (χ4v) is 2.62. The fraction of sp³-hybridized carbons (Fsp3) is 0.368. The molecule has 0 fully saturated rings. The van der Waals surface area contributed by atoms with Gasteiger partial charge in [0.2, 0.25) is 0 Å². The summed E-state index contributed by atoms with van der Waals surface area (Å²) in [6.45, 7) is 5.25.